The highest BCUT2D eigenvalue weighted by molar-refractivity contribution is 5.85. The van der Waals surface area contributed by atoms with Crippen LogP contribution in [-0.4, -0.2) is 30.6 Å². The minimum Gasteiger partial charge on any atom is -0.435 e. The number of piperidine rings is 1. The van der Waals surface area contributed by atoms with Crippen molar-refractivity contribution in [1.29, 1.82) is 0 Å². The highest BCUT2D eigenvalue weighted by Gasteiger charge is 2.16. The molecule has 0 aromatic heterocycles. The van der Waals surface area contributed by atoms with E-state index in [4.69, 9.17) is 5.73 Å². The minimum absolute atomic E-state index is 0. The second kappa shape index (κ2) is 7.62. The molecule has 0 spiro atoms. The van der Waals surface area contributed by atoms with Gasteiger partial charge in [-0.3, -0.25) is 4.90 Å². The lowest BCUT2D eigenvalue weighted by Gasteiger charge is -2.30. The molecular formula is C13H19ClF2N2O. The zero-order valence-electron chi connectivity index (χ0n) is 10.6. The smallest absolute Gasteiger partial charge is 0.387 e. The summed E-state index contributed by atoms with van der Waals surface area (Å²) in [5.41, 5.74) is 7.00. The zero-order chi connectivity index (χ0) is 13.0. The Morgan fingerprint density at radius 1 is 1.32 bits per heavy atom. The van der Waals surface area contributed by atoms with E-state index in [2.05, 4.69) is 9.64 Å². The van der Waals surface area contributed by atoms with Gasteiger partial charge in [0.25, 0.3) is 0 Å². The normalized spacial score (nSPS) is 20.1. The molecule has 3 nitrogen and oxygen atoms in total. The van der Waals surface area contributed by atoms with Gasteiger partial charge in [-0.25, -0.2) is 0 Å². The van der Waals surface area contributed by atoms with E-state index >= 15 is 0 Å². The maximum Gasteiger partial charge on any atom is 0.387 e. The van der Waals surface area contributed by atoms with Crippen molar-refractivity contribution in [2.45, 2.75) is 32.0 Å². The summed E-state index contributed by atoms with van der Waals surface area (Å²) in [7, 11) is 0. The van der Waals surface area contributed by atoms with E-state index in [0.717, 1.165) is 38.0 Å². The van der Waals surface area contributed by atoms with Crippen molar-refractivity contribution in [3.63, 3.8) is 0 Å². The van der Waals surface area contributed by atoms with Gasteiger partial charge in [0.2, 0.25) is 0 Å². The first-order valence-electron chi connectivity index (χ1n) is 6.15. The molecule has 0 radical (unpaired) electrons. The monoisotopic (exact) mass is 292 g/mol. The van der Waals surface area contributed by atoms with Crippen molar-refractivity contribution in [2.75, 3.05) is 13.1 Å². The van der Waals surface area contributed by atoms with E-state index in [1.807, 2.05) is 12.1 Å². The van der Waals surface area contributed by atoms with E-state index in [-0.39, 0.29) is 24.2 Å². The number of benzene rings is 1. The van der Waals surface area contributed by atoms with Crippen molar-refractivity contribution < 1.29 is 13.5 Å². The fourth-order valence-electron chi connectivity index (χ4n) is 2.27. The van der Waals surface area contributed by atoms with Crippen LogP contribution in [0, 0.1) is 0 Å². The number of ether oxygens (including phenoxy) is 1. The lowest BCUT2D eigenvalue weighted by Crippen LogP contribution is -2.42. The van der Waals surface area contributed by atoms with Crippen LogP contribution in [0.3, 0.4) is 0 Å². The summed E-state index contributed by atoms with van der Waals surface area (Å²) in [6.07, 6.45) is 2.20. The van der Waals surface area contributed by atoms with Crippen LogP contribution in [0.1, 0.15) is 18.4 Å². The SMILES string of the molecule is Cl.N[C@H]1CCCN(Cc2ccc(OC(F)F)cc2)C1. The standard InChI is InChI=1S/C13H18F2N2O.ClH/c14-13(15)18-12-5-3-10(4-6-12)8-17-7-1-2-11(16)9-17;/h3-6,11,13H,1-2,7-9,16H2;1H/t11-;/m0./s1. The highest BCUT2D eigenvalue weighted by Crippen LogP contribution is 2.17. The summed E-state index contributed by atoms with van der Waals surface area (Å²) in [6.45, 7) is -0.0167. The quantitative estimate of drug-likeness (QED) is 0.927. The second-order valence-electron chi connectivity index (χ2n) is 4.66. The molecule has 0 unspecified atom stereocenters. The summed E-state index contributed by atoms with van der Waals surface area (Å²) >= 11 is 0. The Morgan fingerprint density at radius 2 is 2.00 bits per heavy atom. The molecule has 1 atom stereocenters. The number of hydrogen-bond donors (Lipinski definition) is 1. The van der Waals surface area contributed by atoms with Gasteiger partial charge in [0.15, 0.2) is 0 Å². The summed E-state index contributed by atoms with van der Waals surface area (Å²) < 4.78 is 28.3. The molecule has 1 aliphatic rings. The van der Waals surface area contributed by atoms with Crippen LogP contribution in [0.15, 0.2) is 24.3 Å². The minimum atomic E-state index is -2.77. The first kappa shape index (κ1) is 16.1. The number of rotatable bonds is 4. The Labute approximate surface area is 118 Å². The predicted octanol–water partition coefficient (Wildman–Crippen LogP) is 2.63. The van der Waals surface area contributed by atoms with E-state index < -0.39 is 6.61 Å². The summed E-state index contributed by atoms with van der Waals surface area (Å²) in [5, 5.41) is 0. The molecule has 2 N–H and O–H groups in total. The Morgan fingerprint density at radius 3 is 2.58 bits per heavy atom. The Kier molecular flexibility index (Phi) is 6.48. The molecule has 1 fully saturated rings. The summed E-state index contributed by atoms with van der Waals surface area (Å²) in [5.74, 6) is 0.198. The van der Waals surface area contributed by atoms with Crippen LogP contribution < -0.4 is 10.5 Å². The van der Waals surface area contributed by atoms with Crippen LogP contribution in [-0.2, 0) is 6.54 Å². The van der Waals surface area contributed by atoms with E-state index in [9.17, 15) is 8.78 Å². The molecule has 6 heteroatoms. The van der Waals surface area contributed by atoms with Gasteiger partial charge in [-0.15, -0.1) is 12.4 Å². The molecule has 0 saturated carbocycles. The van der Waals surface area contributed by atoms with E-state index in [1.165, 1.54) is 0 Å². The molecule has 1 aliphatic heterocycles. The molecule has 108 valence electrons. The second-order valence-corrected chi connectivity index (χ2v) is 4.66. The average Bonchev–Trinajstić information content (AvgIpc) is 2.31. The van der Waals surface area contributed by atoms with Gasteiger partial charge in [-0.1, -0.05) is 12.1 Å². The Bertz CT molecular complexity index is 375. The molecule has 0 bridgehead atoms. The van der Waals surface area contributed by atoms with Gasteiger partial charge in [-0.05, 0) is 37.1 Å². The summed E-state index contributed by atoms with van der Waals surface area (Å²) in [4.78, 5) is 2.29. The largest absolute Gasteiger partial charge is 0.435 e. The van der Waals surface area contributed by atoms with Crippen LogP contribution in [0.2, 0.25) is 0 Å². The molecule has 0 amide bonds. The third-order valence-corrected chi connectivity index (χ3v) is 3.10. The molecule has 2 rings (SSSR count). The van der Waals surface area contributed by atoms with Crippen molar-refractivity contribution in [3.05, 3.63) is 29.8 Å². The van der Waals surface area contributed by atoms with Crippen molar-refractivity contribution in [1.82, 2.24) is 4.90 Å². The fraction of sp³-hybridized carbons (Fsp3) is 0.538. The number of likely N-dealkylation sites (tertiary alicyclic amines) is 1. The van der Waals surface area contributed by atoms with Gasteiger partial charge >= 0.3 is 6.61 Å². The predicted molar refractivity (Wildman–Crippen MR) is 72.8 cm³/mol. The topological polar surface area (TPSA) is 38.5 Å². The number of nitrogens with two attached hydrogens (primary N) is 1. The van der Waals surface area contributed by atoms with Gasteiger partial charge in [0.05, 0.1) is 0 Å². The zero-order valence-corrected chi connectivity index (χ0v) is 11.4. The molecular weight excluding hydrogens is 274 g/mol. The highest BCUT2D eigenvalue weighted by atomic mass is 35.5. The van der Waals surface area contributed by atoms with Crippen LogP contribution >= 0.6 is 12.4 Å². The van der Waals surface area contributed by atoms with Gasteiger partial charge < -0.3 is 10.5 Å². The first-order chi connectivity index (χ1) is 8.63. The number of hydrogen-bond acceptors (Lipinski definition) is 3. The van der Waals surface area contributed by atoms with Gasteiger partial charge in [0, 0.05) is 19.1 Å². The lowest BCUT2D eigenvalue weighted by molar-refractivity contribution is -0.0498. The number of nitrogens with zero attached hydrogens (tertiary/aromatic N) is 1. The van der Waals surface area contributed by atoms with E-state index in [0.29, 0.717) is 0 Å². The molecule has 1 saturated heterocycles. The Hall–Kier alpha value is -0.910. The Balaban J connectivity index is 0.00000180. The van der Waals surface area contributed by atoms with Crippen LogP contribution in [0.5, 0.6) is 5.75 Å². The number of halogens is 3. The lowest BCUT2D eigenvalue weighted by atomic mass is 10.1. The molecule has 0 aliphatic carbocycles. The van der Waals surface area contributed by atoms with Crippen molar-refractivity contribution >= 4 is 12.4 Å². The molecule has 19 heavy (non-hydrogen) atoms. The third kappa shape index (κ3) is 5.30. The maximum atomic E-state index is 12.0. The van der Waals surface area contributed by atoms with Crippen LogP contribution in [0.4, 0.5) is 8.78 Å². The maximum absolute atomic E-state index is 12.0. The molecule has 1 aromatic rings. The van der Waals surface area contributed by atoms with E-state index in [1.54, 1.807) is 12.1 Å². The van der Waals surface area contributed by atoms with Crippen LogP contribution in [0.25, 0.3) is 0 Å². The molecule has 1 aromatic carbocycles. The first-order valence-corrected chi connectivity index (χ1v) is 6.15. The average molecular weight is 293 g/mol. The van der Waals surface area contributed by atoms with Gasteiger partial charge in [0.1, 0.15) is 5.75 Å². The fourth-order valence-corrected chi connectivity index (χ4v) is 2.27. The number of alkyl halides is 2. The van der Waals surface area contributed by atoms with Crippen molar-refractivity contribution in [2.24, 2.45) is 5.73 Å². The third-order valence-electron chi connectivity index (χ3n) is 3.10. The van der Waals surface area contributed by atoms with Crippen molar-refractivity contribution in [3.8, 4) is 5.75 Å². The summed E-state index contributed by atoms with van der Waals surface area (Å²) in [6, 6.07) is 7.03. The van der Waals surface area contributed by atoms with Gasteiger partial charge in [-0.2, -0.15) is 8.78 Å². The molecule has 1 heterocycles.